The van der Waals surface area contributed by atoms with Crippen LogP contribution >= 0.6 is 0 Å². The van der Waals surface area contributed by atoms with E-state index in [0.29, 0.717) is 148 Å². The first-order chi connectivity index (χ1) is 58.9. The number of ketones is 1. The molecule has 10 aliphatic heterocycles. The van der Waals surface area contributed by atoms with Gasteiger partial charge in [0, 0.05) is 167 Å². The van der Waals surface area contributed by atoms with Crippen molar-refractivity contribution in [2.24, 2.45) is 5.92 Å². The van der Waals surface area contributed by atoms with Gasteiger partial charge in [0.25, 0.3) is 0 Å². The fourth-order valence-electron chi connectivity index (χ4n) is 17.2. The molecule has 10 saturated heterocycles. The monoisotopic (exact) mass is 1880 g/mol. The molecule has 1 saturated carbocycles. The summed E-state index contributed by atoms with van der Waals surface area (Å²) in [4.78, 5) is 32.6. The molecule has 0 aromatic heterocycles. The molecular weight excluding hydrogens is 1770 g/mol. The van der Waals surface area contributed by atoms with Gasteiger partial charge in [0.2, 0.25) is 50.1 Å². The van der Waals surface area contributed by atoms with Gasteiger partial charge in [0.15, 0.2) is 5.78 Å². The number of nitrogens with one attached hydrogen (secondary N) is 1. The molecule has 1 aliphatic carbocycles. The van der Waals surface area contributed by atoms with Crippen LogP contribution < -0.4 is 10.1 Å². The smallest absolute Gasteiger partial charge is 0.335 e. The zero-order chi connectivity index (χ0) is 90.5. The molecular formula is C81H116N10O25S8. The highest BCUT2D eigenvalue weighted by Crippen LogP contribution is 2.44. The van der Waals surface area contributed by atoms with Crippen LogP contribution in [-0.2, 0) is 113 Å². The van der Waals surface area contributed by atoms with E-state index < -0.39 is 119 Å². The number of sulfonamides is 5. The van der Waals surface area contributed by atoms with Crippen molar-refractivity contribution in [3.05, 3.63) is 144 Å². The van der Waals surface area contributed by atoms with E-state index in [1.165, 1.54) is 54.9 Å². The Bertz CT molecular complexity index is 5040. The first-order valence-electron chi connectivity index (χ1n) is 41.2. The van der Waals surface area contributed by atoms with Crippen LogP contribution in [0.15, 0.2) is 146 Å². The number of benzene rings is 5. The molecule has 5 aromatic rings. The van der Waals surface area contributed by atoms with Crippen molar-refractivity contribution in [1.29, 1.82) is 0 Å². The molecule has 5 spiro atoms. The van der Waals surface area contributed by atoms with Crippen molar-refractivity contribution in [2.75, 3.05) is 158 Å². The third-order valence-electron chi connectivity index (χ3n) is 24.2. The number of aliphatic carboxylic acids is 1. The summed E-state index contributed by atoms with van der Waals surface area (Å²) < 4.78 is 222. The molecule has 43 heteroatoms. The van der Waals surface area contributed by atoms with Gasteiger partial charge >= 0.3 is 40.7 Å². The molecule has 35 nitrogen and oxygen atoms in total. The lowest BCUT2D eigenvalue weighted by Crippen LogP contribution is -2.55. The molecule has 2 N–H and O–H groups in total. The molecule has 16 rings (SSSR count). The summed E-state index contributed by atoms with van der Waals surface area (Å²) in [6, 6.07) is 34.1. The second-order valence-corrected chi connectivity index (χ2v) is 42.1. The second kappa shape index (κ2) is 44.8. The van der Waals surface area contributed by atoms with Crippen LogP contribution in [0.25, 0.3) is 0 Å². The van der Waals surface area contributed by atoms with E-state index in [4.69, 9.17) is 58.8 Å². The Balaban J connectivity index is 0.000000172. The second-order valence-electron chi connectivity index (χ2n) is 32.4. The number of hydrogen-bond donors (Lipinski definition) is 2. The topological polar surface area (TPSA) is 424 Å². The Kier molecular flexibility index (Phi) is 36.6. The van der Waals surface area contributed by atoms with Gasteiger partial charge in [0.1, 0.15) is 34.4 Å². The average molecular weight is 1890 g/mol. The maximum atomic E-state index is 13.1. The van der Waals surface area contributed by atoms with E-state index >= 15 is 0 Å². The summed E-state index contributed by atoms with van der Waals surface area (Å²) in [6.45, 7) is 24.7. The Morgan fingerprint density at radius 1 is 0.419 bits per heavy atom. The Morgan fingerprint density at radius 3 is 0.960 bits per heavy atom. The number of nitrogens with zero attached hydrogens (tertiary/aromatic N) is 9. The average Bonchev–Trinajstić information content (AvgIpc) is 1.62. The predicted molar refractivity (Wildman–Crippen MR) is 459 cm³/mol. The van der Waals surface area contributed by atoms with Crippen LogP contribution in [0.5, 0.6) is 5.75 Å². The number of methoxy groups -OCH3 is 1. The van der Waals surface area contributed by atoms with Gasteiger partial charge in [-0.05, 0) is 153 Å². The maximum absolute atomic E-state index is 13.1. The molecule has 0 atom stereocenters. The third kappa shape index (κ3) is 24.8. The zero-order valence-corrected chi connectivity index (χ0v) is 77.8. The number of likely N-dealkylation sites (tertiary alicyclic amines) is 4. The summed E-state index contributed by atoms with van der Waals surface area (Å²) in [6.07, 6.45) is 9.38. The van der Waals surface area contributed by atoms with Gasteiger partial charge < -0.3 is 53.5 Å². The Labute approximate surface area is 739 Å². The third-order valence-corrected chi connectivity index (χ3v) is 34.0. The number of Topliss-reactive ketones (excluding diaryl/α,β-unsaturated/α-hetero) is 1. The van der Waals surface area contributed by atoms with E-state index in [1.54, 1.807) is 89.9 Å². The maximum Gasteiger partial charge on any atom is 0.335 e. The van der Waals surface area contributed by atoms with Crippen molar-refractivity contribution in [1.82, 2.24) is 46.4 Å². The van der Waals surface area contributed by atoms with Crippen LogP contribution in [0.4, 0.5) is 0 Å². The number of carbonyl (C=O) groups excluding carboxylic acids is 1. The van der Waals surface area contributed by atoms with Crippen LogP contribution in [-0.4, -0.2) is 318 Å². The normalized spacial score (nSPS) is 21.7. The first kappa shape index (κ1) is 101. The largest absolute Gasteiger partial charge is 0.497 e. The van der Waals surface area contributed by atoms with Crippen molar-refractivity contribution >= 4 is 96.6 Å². The number of carboxylic acids is 1. The van der Waals surface area contributed by atoms with Crippen molar-refractivity contribution in [3.8, 4) is 5.75 Å². The van der Waals surface area contributed by atoms with Crippen molar-refractivity contribution in [3.63, 3.8) is 0 Å². The lowest BCUT2D eigenvalue weighted by atomic mass is 10.00. The molecule has 0 radical (unpaired) electrons. The minimum absolute atomic E-state index is 0.0602. The highest BCUT2D eigenvalue weighted by Gasteiger charge is 2.56. The van der Waals surface area contributed by atoms with Crippen LogP contribution in [0.3, 0.4) is 0 Å². The summed E-state index contributed by atoms with van der Waals surface area (Å²) in [5.74, 6) is 0.492. The number of aryl methyl sites for hydroxylation is 3. The first-order valence-corrected chi connectivity index (χ1v) is 50.4. The van der Waals surface area contributed by atoms with E-state index in [9.17, 15) is 51.7 Å². The van der Waals surface area contributed by atoms with E-state index in [0.717, 1.165) is 101 Å². The fraction of sp³-hybridized carbons (Fsp3) is 0.605. The van der Waals surface area contributed by atoms with Gasteiger partial charge in [0.05, 0.1) is 71.2 Å². The number of carboxylic acid groups (broad SMARTS) is 1. The highest BCUT2D eigenvalue weighted by atomic mass is 32.2. The van der Waals surface area contributed by atoms with Gasteiger partial charge in [-0.3, -0.25) is 14.5 Å². The lowest BCUT2D eigenvalue weighted by molar-refractivity contribution is -0.141. The number of ether oxygens (including phenoxy) is 6. The fourth-order valence-corrected chi connectivity index (χ4v) is 25.8. The van der Waals surface area contributed by atoms with E-state index in [2.05, 4.69) is 40.9 Å². The highest BCUT2D eigenvalue weighted by molar-refractivity contribution is 7.90. The SMILES string of the molecule is CC(=O)c1ccc(S(=O)(=O)N2CCOC23CCN(CC(=O)O)CC3)cc1.COc1ccc(S(=O)(=O)N2CCOC23CCN(C(C)C)CC3)cc1.Cc1ccc(S(=O)(=O)N2CCOC23CCN(C)CC3)cc1.Cc1ccc(S(=O)(=O)N2CCOC23CCN(CC2CC2)CC3)cc1.Cc1ccc(S(=O)(=O)N2CCOC23CCNCC3)cc1.O=S=O.O=S=O.O=S=O. The summed E-state index contributed by atoms with van der Waals surface area (Å²) >= 11 is -2.25. The van der Waals surface area contributed by atoms with Crippen molar-refractivity contribution in [2.45, 2.75) is 178 Å². The van der Waals surface area contributed by atoms with Crippen molar-refractivity contribution < 1.29 is 110 Å². The van der Waals surface area contributed by atoms with Gasteiger partial charge in [-0.1, -0.05) is 65.2 Å². The molecule has 0 unspecified atom stereocenters. The number of carbonyl (C=O) groups is 2. The molecule has 124 heavy (non-hydrogen) atoms. The zero-order valence-electron chi connectivity index (χ0n) is 71.3. The number of rotatable bonds is 17. The van der Waals surface area contributed by atoms with Crippen LogP contribution in [0.2, 0.25) is 0 Å². The van der Waals surface area contributed by atoms with Crippen LogP contribution in [0, 0.1) is 26.7 Å². The Hall–Kier alpha value is -6.35. The van der Waals surface area contributed by atoms with Crippen LogP contribution in [0.1, 0.15) is 125 Å². The predicted octanol–water partition coefficient (Wildman–Crippen LogP) is 5.44. The van der Waals surface area contributed by atoms with Gasteiger partial charge in [-0.2, -0.15) is 46.8 Å². The van der Waals surface area contributed by atoms with Gasteiger partial charge in [-0.25, -0.2) is 42.1 Å². The number of hydrogen-bond acceptors (Lipinski definition) is 29. The molecule has 0 bridgehead atoms. The van der Waals surface area contributed by atoms with Gasteiger partial charge in [-0.15, -0.1) is 0 Å². The quantitative estimate of drug-likeness (QED) is 0.109. The molecule has 0 amide bonds. The molecule has 688 valence electrons. The standard InChI is InChI=1S/C18H26N2O3S.C17H22N2O6S.C17H26N2O4S.C15H22N2O3S.C14H20N2O3S.3O2S/c1-15-2-6-17(7-3-15)24(21,22)20-12-13-23-18(20)8-10-19(11-9-18)14-16-4-5-16;1-13(20)14-2-4-15(5-3-14)26(23,24)19-10-11-25-17(19)6-8-18(9-7-17)12-16(21)22;1-14(2)18-10-8-17(9-11-18)19(12-13-23-17)24(20,21)16-6-4-15(22-3)5-7-16;1-13-3-5-14(6-4-13)21(18,19)17-11-12-20-15(17)7-9-16(2)10-8-15;1-12-2-4-13(5-3-12)20(17,18)16-10-11-19-14(16)6-8-15-9-7-14;3*1-3-2/h2-3,6-7,16H,4-5,8-14H2,1H3;2-5H,6-12H2,1H3,(H,21,22);4-7,14H,8-13H2,1-3H3;3-6H,7-12H2,1-2H3;2-5,15H,6-11H2,1H3;;;. The Morgan fingerprint density at radius 2 is 0.685 bits per heavy atom. The minimum atomic E-state index is -3.77. The summed E-state index contributed by atoms with van der Waals surface area (Å²) in [5, 5.41) is 12.2. The molecule has 11 fully saturated rings. The van der Waals surface area contributed by atoms with E-state index in [-0.39, 0.29) is 23.8 Å². The lowest BCUT2D eigenvalue weighted by Gasteiger charge is -2.44. The summed E-state index contributed by atoms with van der Waals surface area (Å²) in [5.41, 5.74) is 0.0958. The molecule has 11 aliphatic rings. The molecule has 5 aromatic carbocycles. The molecule has 10 heterocycles. The summed E-state index contributed by atoms with van der Waals surface area (Å²) in [7, 11) is -14.2. The van der Waals surface area contributed by atoms with E-state index in [1.807, 2.05) is 57.2 Å². The number of piperidine rings is 5. The minimum Gasteiger partial charge on any atom is -0.497 e.